The molecule has 1 saturated heterocycles. The van der Waals surface area contributed by atoms with Crippen LogP contribution in [0.15, 0.2) is 0 Å². The fourth-order valence-corrected chi connectivity index (χ4v) is 2.73. The second-order valence-corrected chi connectivity index (χ2v) is 5.65. The molecule has 0 radical (unpaired) electrons. The van der Waals surface area contributed by atoms with Crippen LogP contribution in [-0.4, -0.2) is 41.0 Å². The minimum atomic E-state index is -0.774. The molecule has 0 spiro atoms. The lowest BCUT2D eigenvalue weighted by atomic mass is 9.94. The molecule has 0 aromatic rings. The van der Waals surface area contributed by atoms with E-state index >= 15 is 0 Å². The van der Waals surface area contributed by atoms with Gasteiger partial charge in [-0.05, 0) is 37.5 Å². The van der Waals surface area contributed by atoms with Gasteiger partial charge in [0.1, 0.15) is 0 Å². The Hall–Kier alpha value is -1.10. The maximum atomic E-state index is 12.1. The summed E-state index contributed by atoms with van der Waals surface area (Å²) in [5.41, 5.74) is 5.96. The molecule has 1 aliphatic heterocycles. The Labute approximate surface area is 107 Å². The number of carbonyl (C=O) groups excluding carboxylic acids is 1. The molecule has 0 bridgehead atoms. The van der Waals surface area contributed by atoms with Gasteiger partial charge < -0.3 is 15.7 Å². The molecule has 3 N–H and O–H groups in total. The number of likely N-dealkylation sites (tertiary alicyclic amines) is 1. The van der Waals surface area contributed by atoms with Crippen LogP contribution in [0.5, 0.6) is 0 Å². The summed E-state index contributed by atoms with van der Waals surface area (Å²) in [6.07, 6.45) is 4.70. The molecule has 2 unspecified atom stereocenters. The molecule has 0 aromatic carbocycles. The van der Waals surface area contributed by atoms with Crippen LogP contribution in [0.3, 0.4) is 0 Å². The van der Waals surface area contributed by atoms with Gasteiger partial charge in [-0.15, -0.1) is 0 Å². The van der Waals surface area contributed by atoms with Crippen LogP contribution in [-0.2, 0) is 9.59 Å². The smallest absolute Gasteiger partial charge is 0.303 e. The van der Waals surface area contributed by atoms with Crippen molar-refractivity contribution in [2.45, 2.75) is 44.6 Å². The maximum Gasteiger partial charge on any atom is 0.303 e. The second-order valence-electron chi connectivity index (χ2n) is 5.65. The first kappa shape index (κ1) is 13.3. The minimum Gasteiger partial charge on any atom is -0.481 e. The Bertz CT molecular complexity index is 328. The Kier molecular flexibility index (Phi) is 4.22. The monoisotopic (exact) mass is 254 g/mol. The van der Waals surface area contributed by atoms with Crippen molar-refractivity contribution in [1.82, 2.24) is 4.90 Å². The Morgan fingerprint density at radius 2 is 2.06 bits per heavy atom. The van der Waals surface area contributed by atoms with E-state index < -0.39 is 5.97 Å². The van der Waals surface area contributed by atoms with Crippen molar-refractivity contribution in [2.75, 3.05) is 13.1 Å². The molecular weight excluding hydrogens is 232 g/mol. The number of amides is 1. The first-order valence-electron chi connectivity index (χ1n) is 6.81. The third-order valence-corrected chi connectivity index (χ3v) is 3.97. The first-order chi connectivity index (χ1) is 8.56. The van der Waals surface area contributed by atoms with E-state index in [2.05, 4.69) is 0 Å². The van der Waals surface area contributed by atoms with Crippen LogP contribution >= 0.6 is 0 Å². The van der Waals surface area contributed by atoms with E-state index in [1.807, 2.05) is 0 Å². The number of piperidine rings is 1. The molecule has 2 atom stereocenters. The summed E-state index contributed by atoms with van der Waals surface area (Å²) in [6, 6.07) is -0.00245. The third kappa shape index (κ3) is 3.70. The highest BCUT2D eigenvalue weighted by Crippen LogP contribution is 2.33. The van der Waals surface area contributed by atoms with Crippen LogP contribution in [0.25, 0.3) is 0 Å². The summed E-state index contributed by atoms with van der Waals surface area (Å²) < 4.78 is 0. The van der Waals surface area contributed by atoms with Gasteiger partial charge in [-0.25, -0.2) is 0 Å². The fourth-order valence-electron chi connectivity index (χ4n) is 2.73. The summed E-state index contributed by atoms with van der Waals surface area (Å²) in [4.78, 5) is 24.6. The molecule has 1 amide bonds. The molecule has 5 heteroatoms. The maximum absolute atomic E-state index is 12.1. The summed E-state index contributed by atoms with van der Waals surface area (Å²) in [6.45, 7) is 1.34. The molecule has 5 nitrogen and oxygen atoms in total. The Morgan fingerprint density at radius 1 is 1.33 bits per heavy atom. The van der Waals surface area contributed by atoms with E-state index in [9.17, 15) is 9.59 Å². The number of nitrogens with zero attached hydrogens (tertiary/aromatic N) is 1. The Balaban J connectivity index is 1.79. The number of hydrogen-bond donors (Lipinski definition) is 2. The average Bonchev–Trinajstić information content (AvgIpc) is 3.12. The van der Waals surface area contributed by atoms with Crippen LogP contribution in [0.2, 0.25) is 0 Å². The van der Waals surface area contributed by atoms with E-state index in [1.165, 1.54) is 0 Å². The van der Waals surface area contributed by atoms with E-state index in [0.717, 1.165) is 32.2 Å². The van der Waals surface area contributed by atoms with Gasteiger partial charge in [0.05, 0.1) is 0 Å². The topological polar surface area (TPSA) is 83.6 Å². The molecule has 102 valence electrons. The number of aliphatic carboxylic acids is 1. The number of hydrogen-bond acceptors (Lipinski definition) is 3. The SMILES string of the molecule is NC(CC(=O)N1CCCC(CC(=O)O)C1)C1CC1. The van der Waals surface area contributed by atoms with Crippen molar-refractivity contribution >= 4 is 11.9 Å². The lowest BCUT2D eigenvalue weighted by molar-refractivity contribution is -0.140. The summed E-state index contributed by atoms with van der Waals surface area (Å²) >= 11 is 0. The van der Waals surface area contributed by atoms with Gasteiger partial charge in [0, 0.05) is 32.0 Å². The van der Waals surface area contributed by atoms with Gasteiger partial charge in [-0.1, -0.05) is 0 Å². The van der Waals surface area contributed by atoms with Crippen molar-refractivity contribution in [3.05, 3.63) is 0 Å². The van der Waals surface area contributed by atoms with Crippen LogP contribution in [0.4, 0.5) is 0 Å². The molecule has 0 aromatic heterocycles. The molecule has 18 heavy (non-hydrogen) atoms. The largest absolute Gasteiger partial charge is 0.481 e. The van der Waals surface area contributed by atoms with Gasteiger partial charge in [0.15, 0.2) is 0 Å². The highest BCUT2D eigenvalue weighted by molar-refractivity contribution is 5.77. The minimum absolute atomic E-state index is 0.00245. The lowest BCUT2D eigenvalue weighted by Gasteiger charge is -2.32. The van der Waals surface area contributed by atoms with Crippen LogP contribution in [0, 0.1) is 11.8 Å². The van der Waals surface area contributed by atoms with Gasteiger partial charge in [0.2, 0.25) is 5.91 Å². The van der Waals surface area contributed by atoms with E-state index in [0.29, 0.717) is 18.9 Å². The number of rotatable bonds is 5. The molecule has 2 fully saturated rings. The molecule has 1 saturated carbocycles. The predicted molar refractivity (Wildman–Crippen MR) is 66.9 cm³/mol. The fraction of sp³-hybridized carbons (Fsp3) is 0.846. The van der Waals surface area contributed by atoms with E-state index in [1.54, 1.807) is 4.90 Å². The molecule has 1 heterocycles. The quantitative estimate of drug-likeness (QED) is 0.761. The normalized spacial score (nSPS) is 25.8. The molecule has 1 aliphatic carbocycles. The zero-order chi connectivity index (χ0) is 13.1. The highest BCUT2D eigenvalue weighted by atomic mass is 16.4. The van der Waals surface area contributed by atoms with Gasteiger partial charge >= 0.3 is 5.97 Å². The van der Waals surface area contributed by atoms with Crippen molar-refractivity contribution in [1.29, 1.82) is 0 Å². The zero-order valence-electron chi connectivity index (χ0n) is 10.7. The van der Waals surface area contributed by atoms with Crippen molar-refractivity contribution in [3.63, 3.8) is 0 Å². The van der Waals surface area contributed by atoms with E-state index in [-0.39, 0.29) is 24.3 Å². The van der Waals surface area contributed by atoms with Crippen molar-refractivity contribution < 1.29 is 14.7 Å². The number of carboxylic acids is 1. The zero-order valence-corrected chi connectivity index (χ0v) is 10.7. The predicted octanol–water partition coefficient (Wildman–Crippen LogP) is 0.827. The number of carboxylic acid groups (broad SMARTS) is 1. The first-order valence-corrected chi connectivity index (χ1v) is 6.81. The standard InChI is InChI=1S/C13H22N2O3/c14-11(10-3-4-10)7-12(16)15-5-1-2-9(8-15)6-13(17)18/h9-11H,1-8,14H2,(H,17,18). The molecule has 2 rings (SSSR count). The van der Waals surface area contributed by atoms with Crippen molar-refractivity contribution in [2.24, 2.45) is 17.6 Å². The van der Waals surface area contributed by atoms with Gasteiger partial charge in [-0.3, -0.25) is 9.59 Å². The summed E-state index contributed by atoms with van der Waals surface area (Å²) in [5.74, 6) is -0.0284. The van der Waals surface area contributed by atoms with Crippen molar-refractivity contribution in [3.8, 4) is 0 Å². The summed E-state index contributed by atoms with van der Waals surface area (Å²) in [7, 11) is 0. The van der Waals surface area contributed by atoms with Crippen LogP contribution in [0.1, 0.15) is 38.5 Å². The average molecular weight is 254 g/mol. The second kappa shape index (κ2) is 5.69. The number of carbonyl (C=O) groups is 2. The van der Waals surface area contributed by atoms with Gasteiger partial charge in [0.25, 0.3) is 0 Å². The Morgan fingerprint density at radius 3 is 2.67 bits per heavy atom. The number of nitrogens with two attached hydrogens (primary N) is 1. The van der Waals surface area contributed by atoms with Crippen LogP contribution < -0.4 is 5.73 Å². The van der Waals surface area contributed by atoms with Gasteiger partial charge in [-0.2, -0.15) is 0 Å². The van der Waals surface area contributed by atoms with E-state index in [4.69, 9.17) is 10.8 Å². The lowest BCUT2D eigenvalue weighted by Crippen LogP contribution is -2.43. The third-order valence-electron chi connectivity index (χ3n) is 3.97. The molecular formula is C13H22N2O3. The summed E-state index contributed by atoms with van der Waals surface area (Å²) in [5, 5.41) is 8.79. The molecule has 2 aliphatic rings. The highest BCUT2D eigenvalue weighted by Gasteiger charge is 2.32.